The van der Waals surface area contributed by atoms with E-state index < -0.39 is 22.5 Å². The van der Waals surface area contributed by atoms with Gasteiger partial charge >= 0.3 is 0 Å². The predicted molar refractivity (Wildman–Crippen MR) is 142 cm³/mol. The zero-order valence-electron chi connectivity index (χ0n) is 21.2. The summed E-state index contributed by atoms with van der Waals surface area (Å²) in [5.41, 5.74) is 3.02. The quantitative estimate of drug-likeness (QED) is 0.244. The molecule has 1 aromatic heterocycles. The molecule has 0 aliphatic carbocycles. The summed E-state index contributed by atoms with van der Waals surface area (Å²) in [6.07, 6.45) is 4.88. The molecule has 1 aliphatic rings. The third-order valence-corrected chi connectivity index (χ3v) is 7.62. The fourth-order valence-electron chi connectivity index (χ4n) is 3.80. The molecular formula is C27H30N4O7S. The molecule has 4 rings (SSSR count). The van der Waals surface area contributed by atoms with Crippen molar-refractivity contribution < 1.29 is 31.9 Å². The predicted octanol–water partition coefficient (Wildman–Crippen LogP) is 2.29. The van der Waals surface area contributed by atoms with Crippen LogP contribution in [0.25, 0.3) is 0 Å². The summed E-state index contributed by atoms with van der Waals surface area (Å²) in [4.78, 5) is 24.6. The lowest BCUT2D eigenvalue weighted by Crippen LogP contribution is -2.38. The Morgan fingerprint density at radius 2 is 1.85 bits per heavy atom. The summed E-state index contributed by atoms with van der Waals surface area (Å²) in [6.45, 7) is 0.516. The molecule has 12 heteroatoms. The molecule has 2 aromatic carbocycles. The lowest BCUT2D eigenvalue weighted by atomic mass is 10.2. The number of nitrogens with one attached hydrogen (secondary N) is 2. The minimum atomic E-state index is -3.96. The van der Waals surface area contributed by atoms with Gasteiger partial charge in [0.1, 0.15) is 11.5 Å². The van der Waals surface area contributed by atoms with E-state index in [9.17, 15) is 18.0 Å². The fourth-order valence-corrected chi connectivity index (χ4v) is 5.18. The minimum Gasteiger partial charge on any atom is -0.484 e. The zero-order valence-corrected chi connectivity index (χ0v) is 22.0. The lowest BCUT2D eigenvalue weighted by Gasteiger charge is -2.20. The normalized spacial score (nSPS) is 15.5. The Morgan fingerprint density at radius 3 is 2.54 bits per heavy atom. The van der Waals surface area contributed by atoms with Crippen molar-refractivity contribution in [1.29, 1.82) is 0 Å². The molecule has 1 fully saturated rings. The van der Waals surface area contributed by atoms with Gasteiger partial charge in [-0.15, -0.1) is 0 Å². The molecule has 2 N–H and O–H groups in total. The van der Waals surface area contributed by atoms with Crippen LogP contribution in [0, 0.1) is 0 Å². The van der Waals surface area contributed by atoms with Crippen LogP contribution in [-0.2, 0) is 30.9 Å². The fraction of sp³-hybridized carbons (Fsp3) is 0.296. The van der Waals surface area contributed by atoms with E-state index in [1.165, 1.54) is 24.6 Å². The first kappa shape index (κ1) is 28.0. The van der Waals surface area contributed by atoms with Gasteiger partial charge < -0.3 is 19.2 Å². The average Bonchev–Trinajstić information content (AvgIpc) is 3.66. The maximum atomic E-state index is 13.1. The third kappa shape index (κ3) is 8.50. The zero-order chi connectivity index (χ0) is 27.5. The van der Waals surface area contributed by atoms with Crippen LogP contribution in [0.4, 0.5) is 0 Å². The van der Waals surface area contributed by atoms with Crippen molar-refractivity contribution in [1.82, 2.24) is 15.0 Å². The number of amides is 2. The van der Waals surface area contributed by atoms with Crippen LogP contribution in [0.5, 0.6) is 5.75 Å². The van der Waals surface area contributed by atoms with E-state index in [0.717, 1.165) is 23.8 Å². The Morgan fingerprint density at radius 1 is 1.05 bits per heavy atom. The highest BCUT2D eigenvalue weighted by molar-refractivity contribution is 7.89. The molecule has 0 saturated carbocycles. The van der Waals surface area contributed by atoms with Crippen molar-refractivity contribution >= 4 is 28.1 Å². The summed E-state index contributed by atoms with van der Waals surface area (Å²) >= 11 is 0. The van der Waals surface area contributed by atoms with Crippen LogP contribution < -0.4 is 15.5 Å². The summed E-state index contributed by atoms with van der Waals surface area (Å²) in [7, 11) is -3.96. The smallest absolute Gasteiger partial charge is 0.258 e. The molecule has 2 amide bonds. The van der Waals surface area contributed by atoms with E-state index in [1.54, 1.807) is 54.6 Å². The summed E-state index contributed by atoms with van der Waals surface area (Å²) in [6, 6.07) is 17.9. The van der Waals surface area contributed by atoms with E-state index in [2.05, 4.69) is 15.8 Å². The van der Waals surface area contributed by atoms with Crippen molar-refractivity contribution in [2.75, 3.05) is 26.3 Å². The Bertz CT molecular complexity index is 1340. The first-order valence-electron chi connectivity index (χ1n) is 12.4. The van der Waals surface area contributed by atoms with E-state index in [0.29, 0.717) is 23.6 Å². The number of carbonyl (C=O) groups excluding carboxylic acids is 2. The van der Waals surface area contributed by atoms with Gasteiger partial charge in [-0.3, -0.25) is 9.59 Å². The van der Waals surface area contributed by atoms with Gasteiger partial charge in [-0.1, -0.05) is 18.2 Å². The molecule has 39 heavy (non-hydrogen) atoms. The number of rotatable bonds is 13. The second-order valence-corrected chi connectivity index (χ2v) is 10.7. The molecule has 206 valence electrons. The molecule has 1 atom stereocenters. The van der Waals surface area contributed by atoms with Crippen LogP contribution >= 0.6 is 0 Å². The molecule has 11 nitrogen and oxygen atoms in total. The monoisotopic (exact) mass is 554 g/mol. The molecule has 1 aliphatic heterocycles. The Balaban J connectivity index is 1.27. The van der Waals surface area contributed by atoms with Gasteiger partial charge in [0.15, 0.2) is 6.61 Å². The van der Waals surface area contributed by atoms with Crippen molar-refractivity contribution in [3.63, 3.8) is 0 Å². The van der Waals surface area contributed by atoms with Gasteiger partial charge in [-0.2, -0.15) is 9.41 Å². The second kappa shape index (κ2) is 13.7. The molecule has 0 unspecified atom stereocenters. The highest BCUT2D eigenvalue weighted by atomic mass is 32.2. The van der Waals surface area contributed by atoms with Crippen LogP contribution in [-0.4, -0.2) is 63.2 Å². The number of carbonyl (C=O) groups is 2. The molecule has 3 aromatic rings. The number of furan rings is 1. The van der Waals surface area contributed by atoms with Crippen LogP contribution in [0.15, 0.2) is 87.4 Å². The number of ether oxygens (including phenoxy) is 2. The molecule has 2 heterocycles. The van der Waals surface area contributed by atoms with Crippen LogP contribution in [0.3, 0.4) is 0 Å². The second-order valence-electron chi connectivity index (χ2n) is 8.76. The van der Waals surface area contributed by atoms with E-state index in [4.69, 9.17) is 13.9 Å². The standard InChI is InChI=1S/C27H30N4O7S/c32-26(19-31(18-24-7-5-15-37-24)39(34,35)25-8-2-1-3-9-25)30-29-16-21-10-12-22(13-11-21)38-20-27(33)28-17-23-6-4-14-36-23/h1-3,5,7-13,15-16,23H,4,6,14,17-20H2,(H,28,33)(H,30,32)/b29-16+/t23-/m1/s1. The van der Waals surface area contributed by atoms with Gasteiger partial charge in [0, 0.05) is 13.2 Å². The topological polar surface area (TPSA) is 140 Å². The first-order valence-corrected chi connectivity index (χ1v) is 13.8. The highest BCUT2D eigenvalue weighted by Crippen LogP contribution is 2.18. The third-order valence-electron chi connectivity index (χ3n) is 5.82. The number of nitrogens with zero attached hydrogens (tertiary/aromatic N) is 2. The van der Waals surface area contributed by atoms with Gasteiger partial charge in [-0.25, -0.2) is 13.8 Å². The van der Waals surface area contributed by atoms with Crippen LogP contribution in [0.1, 0.15) is 24.2 Å². The van der Waals surface area contributed by atoms with Gasteiger partial charge in [0.2, 0.25) is 10.0 Å². The summed E-state index contributed by atoms with van der Waals surface area (Å²) < 4.78 is 43.6. The Hall–Kier alpha value is -4.00. The maximum Gasteiger partial charge on any atom is 0.258 e. The molecule has 0 radical (unpaired) electrons. The van der Waals surface area contributed by atoms with E-state index in [-0.39, 0.29) is 30.1 Å². The Labute approximate surface area is 226 Å². The number of benzene rings is 2. The highest BCUT2D eigenvalue weighted by Gasteiger charge is 2.27. The maximum absolute atomic E-state index is 13.1. The van der Waals surface area contributed by atoms with Gasteiger partial charge in [0.25, 0.3) is 11.8 Å². The largest absolute Gasteiger partial charge is 0.484 e. The van der Waals surface area contributed by atoms with Gasteiger partial charge in [-0.05, 0) is 66.9 Å². The molecular weight excluding hydrogens is 524 g/mol. The average molecular weight is 555 g/mol. The first-order chi connectivity index (χ1) is 18.9. The number of sulfonamides is 1. The molecule has 1 saturated heterocycles. The molecule has 0 spiro atoms. The number of hydrogen-bond donors (Lipinski definition) is 2. The van der Waals surface area contributed by atoms with E-state index in [1.807, 2.05) is 0 Å². The van der Waals surface area contributed by atoms with Gasteiger partial charge in [0.05, 0.1) is 36.6 Å². The van der Waals surface area contributed by atoms with Crippen LogP contribution in [0.2, 0.25) is 0 Å². The lowest BCUT2D eigenvalue weighted by molar-refractivity contribution is -0.123. The molecule has 0 bridgehead atoms. The van der Waals surface area contributed by atoms with Crippen molar-refractivity contribution in [2.45, 2.75) is 30.4 Å². The number of hydrogen-bond acceptors (Lipinski definition) is 8. The summed E-state index contributed by atoms with van der Waals surface area (Å²) in [5.74, 6) is 0.0528. The van der Waals surface area contributed by atoms with Crippen molar-refractivity contribution in [3.05, 3.63) is 84.3 Å². The number of hydrazone groups is 1. The minimum absolute atomic E-state index is 0.0653. The van der Waals surface area contributed by atoms with E-state index >= 15 is 0 Å². The van der Waals surface area contributed by atoms with Crippen molar-refractivity contribution in [2.24, 2.45) is 5.10 Å². The SMILES string of the molecule is O=C(COc1ccc(/C=N/NC(=O)CN(Cc2ccco2)S(=O)(=O)c2ccccc2)cc1)NC[C@H]1CCCO1. The Kier molecular flexibility index (Phi) is 9.84. The summed E-state index contributed by atoms with van der Waals surface area (Å²) in [5, 5.41) is 6.72. The van der Waals surface area contributed by atoms with Crippen molar-refractivity contribution in [3.8, 4) is 5.75 Å².